The van der Waals surface area contributed by atoms with Crippen molar-refractivity contribution in [1.29, 1.82) is 0 Å². The number of hydrogen-bond acceptors (Lipinski definition) is 2. The van der Waals surface area contributed by atoms with Crippen LogP contribution in [0.1, 0.15) is 0 Å². The Morgan fingerprint density at radius 2 is 0.957 bits per heavy atom. The van der Waals surface area contributed by atoms with Crippen molar-refractivity contribution in [2.45, 2.75) is 39.3 Å². The van der Waals surface area contributed by atoms with Crippen LogP contribution in [0.3, 0.4) is 0 Å². The van der Waals surface area contributed by atoms with Crippen LogP contribution >= 0.6 is 0 Å². The maximum atomic E-state index is 6.28. The van der Waals surface area contributed by atoms with E-state index >= 15 is 0 Å². The fraction of sp³-hybridized carbons (Fsp3) is 0.333. The first-order valence-corrected chi connectivity index (χ1v) is 16.9. The zero-order chi connectivity index (χ0) is 17.1. The molecule has 0 aromatic heterocycles. The Bertz CT molecular complexity index is 603. The minimum atomic E-state index is -1.61. The molecule has 0 radical (unpaired) electrons. The van der Waals surface area contributed by atoms with E-state index in [-0.39, 0.29) is 18.6 Å². The van der Waals surface area contributed by atoms with E-state index in [1.807, 2.05) is 0 Å². The summed E-state index contributed by atoms with van der Waals surface area (Å²) >= 11 is -0.341. The Morgan fingerprint density at radius 1 is 0.609 bits per heavy atom. The van der Waals surface area contributed by atoms with Gasteiger partial charge in [-0.1, -0.05) is 0 Å². The van der Waals surface area contributed by atoms with Crippen molar-refractivity contribution >= 4 is 24.5 Å². The van der Waals surface area contributed by atoms with E-state index in [4.69, 9.17) is 8.85 Å². The molecular formula is C18H26O2PtSi2. The summed E-state index contributed by atoms with van der Waals surface area (Å²) < 4.78 is 15.2. The van der Waals surface area contributed by atoms with E-state index in [9.17, 15) is 0 Å². The second-order valence-corrected chi connectivity index (χ2v) is 19.2. The van der Waals surface area contributed by atoms with E-state index in [1.165, 1.54) is 7.91 Å². The Labute approximate surface area is 151 Å². The Hall–Kier alpha value is -0.838. The average molecular weight is 526 g/mol. The van der Waals surface area contributed by atoms with Crippen LogP contribution in [0.4, 0.5) is 0 Å². The molecule has 0 aliphatic rings. The average Bonchev–Trinajstić information content (AvgIpc) is 2.40. The molecule has 0 saturated heterocycles. The van der Waals surface area contributed by atoms with E-state index in [1.54, 1.807) is 0 Å². The van der Waals surface area contributed by atoms with Crippen LogP contribution < -0.4 is 16.8 Å². The van der Waals surface area contributed by atoms with Crippen LogP contribution in [-0.2, 0) is 18.6 Å². The summed E-state index contributed by atoms with van der Waals surface area (Å²) in [5.41, 5.74) is 0. The first-order chi connectivity index (χ1) is 10.6. The van der Waals surface area contributed by atoms with Crippen LogP contribution in [0, 0.1) is 0 Å². The molecule has 0 aliphatic carbocycles. The fourth-order valence-corrected chi connectivity index (χ4v) is 6.66. The van der Waals surface area contributed by atoms with Crippen LogP contribution in [0.25, 0.3) is 0 Å². The molecule has 2 aromatic rings. The molecule has 0 spiro atoms. The third kappa shape index (κ3) is 6.28. The van der Waals surface area contributed by atoms with Crippen LogP contribution in [0.5, 0.6) is 11.5 Å². The molecule has 0 bridgehead atoms. The normalized spacial score (nSPS) is 12.3. The summed E-state index contributed by atoms with van der Waals surface area (Å²) in [6.45, 7) is 13.4. The third-order valence-corrected chi connectivity index (χ3v) is 7.39. The van der Waals surface area contributed by atoms with Gasteiger partial charge in [0.25, 0.3) is 0 Å². The van der Waals surface area contributed by atoms with Gasteiger partial charge in [0.15, 0.2) is 0 Å². The van der Waals surface area contributed by atoms with Gasteiger partial charge in [0.05, 0.1) is 0 Å². The van der Waals surface area contributed by atoms with E-state index in [0.29, 0.717) is 0 Å². The monoisotopic (exact) mass is 525 g/mol. The molecule has 0 heterocycles. The van der Waals surface area contributed by atoms with Crippen molar-refractivity contribution in [2.75, 3.05) is 0 Å². The summed E-state index contributed by atoms with van der Waals surface area (Å²) in [5.74, 6) is 2.12. The standard InChI is InChI=1S/2C9H13OSi.Pt/c2*1-11(2,3)10-9-7-5-4-6-8-9;/h2*4-7H,1-3H3;. The molecule has 0 aliphatic heterocycles. The molecule has 0 saturated carbocycles. The van der Waals surface area contributed by atoms with Gasteiger partial charge in [-0.15, -0.1) is 0 Å². The van der Waals surface area contributed by atoms with Crippen molar-refractivity contribution in [1.82, 2.24) is 0 Å². The SMILES string of the molecule is C[Si](C)(C)Oc1cccc[c]1[Pt][c]1ccccc1O[Si](C)(C)C. The van der Waals surface area contributed by atoms with Crippen LogP contribution in [-0.4, -0.2) is 16.6 Å². The Balaban J connectivity index is 2.30. The molecule has 5 heteroatoms. The molecule has 128 valence electrons. The molecule has 0 fully saturated rings. The molecule has 2 aromatic carbocycles. The number of benzene rings is 2. The number of hydrogen-bond donors (Lipinski definition) is 0. The van der Waals surface area contributed by atoms with E-state index in [0.717, 1.165) is 11.5 Å². The number of rotatable bonds is 6. The Kier molecular flexibility index (Phi) is 5.93. The quantitative estimate of drug-likeness (QED) is 0.528. The molecule has 2 rings (SSSR count). The van der Waals surface area contributed by atoms with Crippen molar-refractivity contribution < 1.29 is 27.4 Å². The van der Waals surface area contributed by atoms with Crippen LogP contribution in [0.15, 0.2) is 48.5 Å². The van der Waals surface area contributed by atoms with Gasteiger partial charge >= 0.3 is 151 Å². The molecular weight excluding hydrogens is 499 g/mol. The first-order valence-electron chi connectivity index (χ1n) is 7.79. The van der Waals surface area contributed by atoms with Crippen molar-refractivity contribution in [2.24, 2.45) is 0 Å². The molecule has 0 amide bonds. The van der Waals surface area contributed by atoms with Crippen molar-refractivity contribution in [3.63, 3.8) is 0 Å². The van der Waals surface area contributed by atoms with Crippen molar-refractivity contribution in [3.05, 3.63) is 48.5 Å². The van der Waals surface area contributed by atoms with Gasteiger partial charge < -0.3 is 0 Å². The van der Waals surface area contributed by atoms with E-state index in [2.05, 4.69) is 87.8 Å². The van der Waals surface area contributed by atoms with Gasteiger partial charge in [-0.25, -0.2) is 0 Å². The summed E-state index contributed by atoms with van der Waals surface area (Å²) in [6.07, 6.45) is 0. The molecule has 0 atom stereocenters. The fourth-order valence-electron chi connectivity index (χ4n) is 1.91. The number of para-hydroxylation sites is 2. The Morgan fingerprint density at radius 3 is 1.30 bits per heavy atom. The molecule has 23 heavy (non-hydrogen) atoms. The van der Waals surface area contributed by atoms with Gasteiger partial charge in [0.1, 0.15) is 0 Å². The molecule has 0 unspecified atom stereocenters. The predicted octanol–water partition coefficient (Wildman–Crippen LogP) is 4.15. The zero-order valence-corrected chi connectivity index (χ0v) is 19.0. The predicted molar refractivity (Wildman–Crippen MR) is 100 cm³/mol. The maximum absolute atomic E-state index is 6.28. The van der Waals surface area contributed by atoms with Gasteiger partial charge in [-0.05, 0) is 0 Å². The van der Waals surface area contributed by atoms with Gasteiger partial charge in [0, 0.05) is 0 Å². The second kappa shape index (κ2) is 7.37. The topological polar surface area (TPSA) is 18.5 Å². The first kappa shape index (κ1) is 18.5. The van der Waals surface area contributed by atoms with Gasteiger partial charge in [-0.2, -0.15) is 0 Å². The van der Waals surface area contributed by atoms with Gasteiger partial charge in [0.2, 0.25) is 0 Å². The minimum absolute atomic E-state index is 0.341. The molecule has 2 nitrogen and oxygen atoms in total. The zero-order valence-electron chi connectivity index (χ0n) is 14.8. The summed E-state index contributed by atoms with van der Waals surface area (Å²) in [4.78, 5) is 0. The van der Waals surface area contributed by atoms with E-state index < -0.39 is 16.6 Å². The van der Waals surface area contributed by atoms with Crippen LogP contribution in [0.2, 0.25) is 39.3 Å². The summed E-state index contributed by atoms with van der Waals surface area (Å²) in [7, 11) is -3.21. The van der Waals surface area contributed by atoms with Gasteiger partial charge in [-0.3, -0.25) is 0 Å². The third-order valence-electron chi connectivity index (χ3n) is 2.62. The summed E-state index contributed by atoms with van der Waals surface area (Å²) in [5, 5.41) is 0. The summed E-state index contributed by atoms with van der Waals surface area (Å²) in [6, 6.07) is 17.0. The van der Waals surface area contributed by atoms with Crippen molar-refractivity contribution in [3.8, 4) is 11.5 Å². The second-order valence-electron chi connectivity index (χ2n) is 7.30. The molecule has 0 N–H and O–H groups in total.